The van der Waals surface area contributed by atoms with E-state index in [1.807, 2.05) is 0 Å². The summed E-state index contributed by atoms with van der Waals surface area (Å²) < 4.78 is 32.4. The van der Waals surface area contributed by atoms with Crippen LogP contribution in [0.5, 0.6) is 0 Å². The number of amides is 3. The first-order valence-electron chi connectivity index (χ1n) is 15.6. The van der Waals surface area contributed by atoms with Crippen molar-refractivity contribution in [1.29, 1.82) is 5.41 Å². The first-order valence-corrected chi connectivity index (χ1v) is 17.0. The number of rotatable bonds is 15. The van der Waals surface area contributed by atoms with Gasteiger partial charge in [0.15, 0.2) is 5.96 Å². The number of benzene rings is 2. The summed E-state index contributed by atoms with van der Waals surface area (Å²) in [5, 5.41) is 29.0. The van der Waals surface area contributed by atoms with E-state index >= 15 is 0 Å². The number of aromatic nitrogens is 1. The number of carbonyl (C=O) groups is 4. The smallest absolute Gasteiger partial charge is 0.305 e. The van der Waals surface area contributed by atoms with E-state index in [9.17, 15) is 37.3 Å². The zero-order valence-corrected chi connectivity index (χ0v) is 28.3. The fraction of sp³-hybridized carbons (Fsp3) is 0.281. The molecule has 1 aromatic heterocycles. The van der Waals surface area contributed by atoms with Crippen LogP contribution >= 0.6 is 0 Å². The van der Waals surface area contributed by atoms with Crippen LogP contribution in [0.25, 0.3) is 0 Å². The highest BCUT2D eigenvalue weighted by molar-refractivity contribution is 7.86. The summed E-state index contributed by atoms with van der Waals surface area (Å²) in [6, 6.07) is 12.6. The van der Waals surface area contributed by atoms with Gasteiger partial charge in [-0.3, -0.25) is 34.6 Å². The number of anilines is 2. The number of hydrogen-bond donors (Lipinski definition) is 8. The molecular weight excluding hydrogens is 684 g/mol. The van der Waals surface area contributed by atoms with Crippen LogP contribution in [0.1, 0.15) is 44.7 Å². The van der Waals surface area contributed by atoms with Gasteiger partial charge in [-0.15, -0.1) is 0 Å². The first-order chi connectivity index (χ1) is 24.2. The SMILES string of the molecule is CN(CCNC(=N)N)C(=O)c1ccc2c(c1)CN(CCCNC(=O)c1ccc(N/N=C/c3ccccc3S(=O)(=O)O)nc1)C(=O)[C@H](CC(=O)O)N2. The van der Waals surface area contributed by atoms with Crippen LogP contribution in [-0.4, -0.2) is 108 Å². The standard InChI is InChI=1S/C32H38N10O8S/c1-41(14-12-36-32(33)34)30(46)20-7-9-24-23(15-20)19-42(31(47)25(39-24)16-28(43)44)13-4-11-35-29(45)22-8-10-27(37-17-22)40-38-18-21-5-2-3-6-26(21)51(48,49)50/h2-3,5-10,15,17-18,25,39H,4,11-14,16,19H2,1H3,(H,35,45)(H,37,40)(H,43,44)(H4,33,34,36)(H,48,49,50)/b38-18+/t25-/m0/s1. The molecule has 2 aromatic carbocycles. The van der Waals surface area contributed by atoms with Crippen molar-refractivity contribution in [3.05, 3.63) is 83.0 Å². The molecule has 1 aliphatic rings. The summed E-state index contributed by atoms with van der Waals surface area (Å²) >= 11 is 0. The van der Waals surface area contributed by atoms with Crippen molar-refractivity contribution in [1.82, 2.24) is 25.4 Å². The molecule has 2 heterocycles. The zero-order valence-electron chi connectivity index (χ0n) is 27.5. The van der Waals surface area contributed by atoms with Gasteiger partial charge in [0.2, 0.25) is 5.91 Å². The van der Waals surface area contributed by atoms with E-state index in [-0.39, 0.29) is 66.4 Å². The minimum Gasteiger partial charge on any atom is -0.481 e. The van der Waals surface area contributed by atoms with Crippen molar-refractivity contribution in [3.63, 3.8) is 0 Å². The fourth-order valence-electron chi connectivity index (χ4n) is 5.09. The van der Waals surface area contributed by atoms with Gasteiger partial charge in [-0.25, -0.2) is 4.98 Å². The fourth-order valence-corrected chi connectivity index (χ4v) is 5.76. The number of carboxylic acid groups (broad SMARTS) is 1. The largest absolute Gasteiger partial charge is 0.481 e. The predicted octanol–water partition coefficient (Wildman–Crippen LogP) is 0.747. The molecule has 1 aliphatic heterocycles. The Balaban J connectivity index is 1.34. The molecule has 0 saturated heterocycles. The van der Waals surface area contributed by atoms with E-state index in [1.54, 1.807) is 31.3 Å². The van der Waals surface area contributed by atoms with Crippen LogP contribution in [0, 0.1) is 5.41 Å². The maximum atomic E-state index is 13.4. The molecule has 3 aromatic rings. The van der Waals surface area contributed by atoms with E-state index in [0.29, 0.717) is 23.2 Å². The number of nitrogens with one attached hydrogen (secondary N) is 5. The number of nitrogens with two attached hydrogens (primary N) is 1. The molecule has 0 fully saturated rings. The highest BCUT2D eigenvalue weighted by Crippen LogP contribution is 2.26. The Labute approximate surface area is 293 Å². The first kappa shape index (κ1) is 37.7. The zero-order chi connectivity index (χ0) is 37.1. The van der Waals surface area contributed by atoms with Gasteiger partial charge < -0.3 is 36.6 Å². The number of aliphatic carboxylic acids is 1. The maximum absolute atomic E-state index is 13.4. The molecule has 51 heavy (non-hydrogen) atoms. The summed E-state index contributed by atoms with van der Waals surface area (Å²) in [6.07, 6.45) is 2.39. The minimum absolute atomic E-state index is 0.101. The predicted molar refractivity (Wildman–Crippen MR) is 187 cm³/mol. The van der Waals surface area contributed by atoms with Crippen molar-refractivity contribution < 1.29 is 37.3 Å². The normalized spacial score (nSPS) is 14.2. The van der Waals surface area contributed by atoms with E-state index in [1.165, 1.54) is 52.5 Å². The van der Waals surface area contributed by atoms with E-state index < -0.39 is 40.4 Å². The van der Waals surface area contributed by atoms with Crippen molar-refractivity contribution in [3.8, 4) is 0 Å². The van der Waals surface area contributed by atoms with Gasteiger partial charge in [-0.1, -0.05) is 18.2 Å². The number of carboxylic acids is 1. The van der Waals surface area contributed by atoms with Crippen LogP contribution in [0.3, 0.4) is 0 Å². The molecule has 4 rings (SSSR count). The van der Waals surface area contributed by atoms with E-state index in [2.05, 4.69) is 31.5 Å². The Kier molecular flexibility index (Phi) is 12.6. The third kappa shape index (κ3) is 10.7. The van der Waals surface area contributed by atoms with Gasteiger partial charge in [0.1, 0.15) is 16.8 Å². The summed E-state index contributed by atoms with van der Waals surface area (Å²) in [7, 11) is -2.83. The number of likely N-dealkylation sites (N-methyl/N-ethyl adjacent to an activating group) is 1. The number of carbonyl (C=O) groups excluding carboxylic acids is 3. The van der Waals surface area contributed by atoms with Gasteiger partial charge in [0.05, 0.1) is 18.2 Å². The van der Waals surface area contributed by atoms with Gasteiger partial charge >= 0.3 is 5.97 Å². The second-order valence-corrected chi connectivity index (χ2v) is 12.8. The molecule has 0 bridgehead atoms. The van der Waals surface area contributed by atoms with Crippen molar-refractivity contribution in [2.75, 3.05) is 44.0 Å². The second-order valence-electron chi connectivity index (χ2n) is 11.4. The van der Waals surface area contributed by atoms with Crippen LogP contribution in [0.15, 0.2) is 70.8 Å². The lowest BCUT2D eigenvalue weighted by atomic mass is 10.1. The third-order valence-corrected chi connectivity index (χ3v) is 8.56. The average Bonchev–Trinajstić information content (AvgIpc) is 3.21. The van der Waals surface area contributed by atoms with Gasteiger partial charge in [0, 0.05) is 62.8 Å². The Bertz CT molecular complexity index is 1920. The molecule has 9 N–H and O–H groups in total. The summed E-state index contributed by atoms with van der Waals surface area (Å²) in [5.74, 6) is -2.25. The molecular formula is C32H38N10O8S. The Morgan fingerprint density at radius 1 is 1.14 bits per heavy atom. The highest BCUT2D eigenvalue weighted by Gasteiger charge is 2.31. The number of fused-ring (bicyclic) bond motifs is 1. The lowest BCUT2D eigenvalue weighted by Gasteiger charge is -2.24. The van der Waals surface area contributed by atoms with Gasteiger partial charge in [-0.05, 0) is 48.4 Å². The lowest BCUT2D eigenvalue weighted by Crippen LogP contribution is -2.42. The minimum atomic E-state index is -4.44. The molecule has 270 valence electrons. The summed E-state index contributed by atoms with van der Waals surface area (Å²) in [4.78, 5) is 57.5. The summed E-state index contributed by atoms with van der Waals surface area (Å²) in [6.45, 7) is 1.04. The molecule has 0 unspecified atom stereocenters. The molecule has 19 heteroatoms. The molecule has 18 nitrogen and oxygen atoms in total. The topological polar surface area (TPSA) is 273 Å². The van der Waals surface area contributed by atoms with E-state index in [4.69, 9.17) is 11.1 Å². The monoisotopic (exact) mass is 722 g/mol. The number of guanidine groups is 1. The van der Waals surface area contributed by atoms with Crippen LogP contribution in [0.2, 0.25) is 0 Å². The quantitative estimate of drug-likeness (QED) is 0.0354. The van der Waals surface area contributed by atoms with Gasteiger partial charge in [-0.2, -0.15) is 13.5 Å². The molecule has 1 atom stereocenters. The number of nitrogens with zero attached hydrogens (tertiary/aromatic N) is 4. The van der Waals surface area contributed by atoms with Gasteiger partial charge in [0.25, 0.3) is 21.9 Å². The molecule has 0 aliphatic carbocycles. The van der Waals surface area contributed by atoms with Crippen molar-refractivity contribution in [2.24, 2.45) is 10.8 Å². The highest BCUT2D eigenvalue weighted by atomic mass is 32.2. The third-order valence-electron chi connectivity index (χ3n) is 7.64. The Morgan fingerprint density at radius 2 is 1.88 bits per heavy atom. The summed E-state index contributed by atoms with van der Waals surface area (Å²) in [5.41, 5.74) is 9.83. The number of pyridine rings is 1. The second kappa shape index (κ2) is 17.0. The average molecular weight is 723 g/mol. The number of hydrazone groups is 1. The number of hydrogen-bond acceptors (Lipinski definition) is 11. The van der Waals surface area contributed by atoms with Crippen molar-refractivity contribution in [2.45, 2.75) is 30.3 Å². The van der Waals surface area contributed by atoms with E-state index in [0.717, 1.165) is 0 Å². The van der Waals surface area contributed by atoms with Crippen LogP contribution in [-0.2, 0) is 26.3 Å². The Morgan fingerprint density at radius 3 is 2.57 bits per heavy atom. The molecule has 0 radical (unpaired) electrons. The molecule has 3 amide bonds. The molecule has 0 saturated carbocycles. The molecule has 0 spiro atoms. The Hall–Kier alpha value is -6.08. The maximum Gasteiger partial charge on any atom is 0.305 e. The van der Waals surface area contributed by atoms with Crippen LogP contribution < -0.4 is 27.1 Å². The van der Waals surface area contributed by atoms with Crippen molar-refractivity contribution >= 4 is 57.5 Å². The van der Waals surface area contributed by atoms with Crippen LogP contribution in [0.4, 0.5) is 11.5 Å². The lowest BCUT2D eigenvalue weighted by molar-refractivity contribution is -0.141.